The maximum Gasteiger partial charge on any atom is 0.230 e. The number of amides is 1. The molecule has 0 atom stereocenters. The maximum absolute atomic E-state index is 13.4. The van der Waals surface area contributed by atoms with Crippen molar-refractivity contribution in [3.8, 4) is 17.1 Å². The fourth-order valence-corrected chi connectivity index (χ4v) is 4.39. The van der Waals surface area contributed by atoms with Crippen molar-refractivity contribution in [2.45, 2.75) is 18.2 Å². The number of nitrogens with zero attached hydrogens (tertiary/aromatic N) is 6. The molecule has 0 saturated carbocycles. The van der Waals surface area contributed by atoms with Crippen molar-refractivity contribution in [1.82, 2.24) is 34.8 Å². The minimum absolute atomic E-state index is 0.113. The quantitative estimate of drug-likeness (QED) is 0.307. The Morgan fingerprint density at radius 1 is 0.917 bits per heavy atom. The van der Waals surface area contributed by atoms with Crippen molar-refractivity contribution in [2.75, 3.05) is 5.75 Å². The van der Waals surface area contributed by atoms with Crippen LogP contribution in [0.3, 0.4) is 0 Å². The van der Waals surface area contributed by atoms with E-state index in [4.69, 9.17) is 0 Å². The summed E-state index contributed by atoms with van der Waals surface area (Å²) in [5.74, 6) is 0.326. The van der Waals surface area contributed by atoms with E-state index >= 15 is 0 Å². The monoisotopic (exact) mass is 499 g/mol. The summed E-state index contributed by atoms with van der Waals surface area (Å²) in [6.07, 6.45) is 3.18. The first-order chi connectivity index (χ1) is 17.7. The Balaban J connectivity index is 1.23. The topological polar surface area (TPSA) is 90.5 Å². The third-order valence-corrected chi connectivity index (χ3v) is 6.34. The molecule has 0 unspecified atom stereocenters. The molecule has 2 aromatic heterocycles. The molecule has 1 N–H and O–H groups in total. The number of carbonyl (C=O) groups is 1. The molecular weight excluding hydrogens is 477 g/mol. The SMILES string of the molecule is O=C(CSc1nnc(-c2ccc(F)cc2)n1-c1ccccc1)NCc1ccc(Cn2cncn2)cc1. The number of benzene rings is 3. The smallest absolute Gasteiger partial charge is 0.230 e. The number of thioether (sulfide) groups is 1. The summed E-state index contributed by atoms with van der Waals surface area (Å²) in [6.45, 7) is 1.07. The first kappa shape index (κ1) is 23.4. The van der Waals surface area contributed by atoms with Gasteiger partial charge in [-0.05, 0) is 47.5 Å². The molecule has 0 saturated heterocycles. The van der Waals surface area contributed by atoms with Crippen LogP contribution in [0.1, 0.15) is 11.1 Å². The minimum atomic E-state index is -0.319. The number of carbonyl (C=O) groups excluding carboxylic acids is 1. The molecule has 1 amide bonds. The van der Waals surface area contributed by atoms with Gasteiger partial charge in [0.2, 0.25) is 5.91 Å². The lowest BCUT2D eigenvalue weighted by Crippen LogP contribution is -2.24. The van der Waals surface area contributed by atoms with Gasteiger partial charge in [0.05, 0.1) is 12.3 Å². The molecule has 10 heteroatoms. The van der Waals surface area contributed by atoms with E-state index in [2.05, 4.69) is 25.6 Å². The van der Waals surface area contributed by atoms with E-state index in [-0.39, 0.29) is 17.5 Å². The first-order valence-electron chi connectivity index (χ1n) is 11.2. The van der Waals surface area contributed by atoms with E-state index in [0.717, 1.165) is 22.4 Å². The predicted molar refractivity (Wildman–Crippen MR) is 135 cm³/mol. The van der Waals surface area contributed by atoms with Crippen molar-refractivity contribution in [1.29, 1.82) is 0 Å². The van der Waals surface area contributed by atoms with Gasteiger partial charge in [0, 0.05) is 17.8 Å². The zero-order chi connectivity index (χ0) is 24.7. The second-order valence-electron chi connectivity index (χ2n) is 7.96. The van der Waals surface area contributed by atoms with Crippen molar-refractivity contribution >= 4 is 17.7 Å². The van der Waals surface area contributed by atoms with Crippen LogP contribution >= 0.6 is 11.8 Å². The number of nitrogens with one attached hydrogen (secondary N) is 1. The summed E-state index contributed by atoms with van der Waals surface area (Å²) < 4.78 is 17.1. The summed E-state index contributed by atoms with van der Waals surface area (Å²) in [4.78, 5) is 16.5. The number of hydrogen-bond acceptors (Lipinski definition) is 6. The van der Waals surface area contributed by atoms with Gasteiger partial charge in [0.15, 0.2) is 11.0 Å². The second-order valence-corrected chi connectivity index (χ2v) is 8.90. The van der Waals surface area contributed by atoms with Gasteiger partial charge in [-0.3, -0.25) is 9.36 Å². The molecule has 2 heterocycles. The summed E-state index contributed by atoms with van der Waals surface area (Å²) in [5, 5.41) is 16.3. The van der Waals surface area contributed by atoms with E-state index in [1.165, 1.54) is 30.2 Å². The molecule has 0 aliphatic heterocycles. The normalized spacial score (nSPS) is 10.9. The van der Waals surface area contributed by atoms with Crippen LogP contribution in [0.5, 0.6) is 0 Å². The lowest BCUT2D eigenvalue weighted by atomic mass is 10.1. The molecule has 0 radical (unpaired) electrons. The lowest BCUT2D eigenvalue weighted by Gasteiger charge is -2.10. The third kappa shape index (κ3) is 5.66. The fraction of sp³-hybridized carbons (Fsp3) is 0.115. The highest BCUT2D eigenvalue weighted by Gasteiger charge is 2.17. The minimum Gasteiger partial charge on any atom is -0.351 e. The average molecular weight is 500 g/mol. The third-order valence-electron chi connectivity index (χ3n) is 5.41. The van der Waals surface area contributed by atoms with Crippen molar-refractivity contribution in [2.24, 2.45) is 0 Å². The average Bonchev–Trinajstić information content (AvgIpc) is 3.58. The van der Waals surface area contributed by atoms with Gasteiger partial charge in [0.25, 0.3) is 0 Å². The Labute approximate surface area is 211 Å². The van der Waals surface area contributed by atoms with E-state index < -0.39 is 0 Å². The summed E-state index contributed by atoms with van der Waals surface area (Å²) in [7, 11) is 0. The summed E-state index contributed by atoms with van der Waals surface area (Å²) in [6, 6.07) is 23.7. The number of para-hydroxylation sites is 1. The van der Waals surface area contributed by atoms with Gasteiger partial charge in [-0.25, -0.2) is 14.1 Å². The number of halogens is 1. The highest BCUT2D eigenvalue weighted by atomic mass is 32.2. The molecule has 5 aromatic rings. The molecule has 0 aliphatic rings. The Hall–Kier alpha value is -4.31. The van der Waals surface area contributed by atoms with Crippen LogP contribution in [0.25, 0.3) is 17.1 Å². The Morgan fingerprint density at radius 3 is 2.39 bits per heavy atom. The zero-order valence-electron chi connectivity index (χ0n) is 19.2. The molecule has 5 rings (SSSR count). The van der Waals surface area contributed by atoms with Crippen LogP contribution in [0, 0.1) is 5.82 Å². The van der Waals surface area contributed by atoms with Gasteiger partial charge < -0.3 is 5.32 Å². The molecule has 36 heavy (non-hydrogen) atoms. The van der Waals surface area contributed by atoms with Crippen LogP contribution in [-0.4, -0.2) is 41.2 Å². The van der Waals surface area contributed by atoms with Crippen molar-refractivity contribution in [3.05, 3.63) is 108 Å². The Kier molecular flexibility index (Phi) is 7.13. The molecule has 0 fully saturated rings. The molecule has 8 nitrogen and oxygen atoms in total. The van der Waals surface area contributed by atoms with E-state index in [1.54, 1.807) is 23.1 Å². The highest BCUT2D eigenvalue weighted by molar-refractivity contribution is 7.99. The fourth-order valence-electron chi connectivity index (χ4n) is 3.60. The summed E-state index contributed by atoms with van der Waals surface area (Å²) in [5.41, 5.74) is 3.69. The van der Waals surface area contributed by atoms with Gasteiger partial charge >= 0.3 is 0 Å². The van der Waals surface area contributed by atoms with Crippen molar-refractivity contribution < 1.29 is 9.18 Å². The molecule has 180 valence electrons. The second kappa shape index (κ2) is 11.0. The number of aromatic nitrogens is 6. The van der Waals surface area contributed by atoms with E-state index in [9.17, 15) is 9.18 Å². The molecular formula is C26H22FN7OS. The van der Waals surface area contributed by atoms with Crippen LogP contribution in [0.2, 0.25) is 0 Å². The zero-order valence-corrected chi connectivity index (χ0v) is 20.0. The first-order valence-corrected chi connectivity index (χ1v) is 12.2. The number of hydrogen-bond donors (Lipinski definition) is 1. The summed E-state index contributed by atoms with van der Waals surface area (Å²) >= 11 is 1.30. The van der Waals surface area contributed by atoms with Gasteiger partial charge in [-0.15, -0.1) is 10.2 Å². The molecule has 0 spiro atoms. The van der Waals surface area contributed by atoms with E-state index in [1.807, 2.05) is 59.2 Å². The largest absolute Gasteiger partial charge is 0.351 e. The maximum atomic E-state index is 13.4. The van der Waals surface area contributed by atoms with Gasteiger partial charge in [0.1, 0.15) is 18.5 Å². The molecule has 0 aliphatic carbocycles. The standard InChI is InChI=1S/C26H22FN7OS/c27-22-12-10-21(11-13-22)25-31-32-26(34(25)23-4-2-1-3-5-23)36-16-24(35)29-14-19-6-8-20(9-7-19)15-33-18-28-17-30-33/h1-13,17-18H,14-16H2,(H,29,35). The van der Waals surface area contributed by atoms with E-state index in [0.29, 0.717) is 24.1 Å². The van der Waals surface area contributed by atoms with Crippen LogP contribution in [0.4, 0.5) is 4.39 Å². The van der Waals surface area contributed by atoms with Gasteiger partial charge in [-0.2, -0.15) is 5.10 Å². The van der Waals surface area contributed by atoms with Crippen LogP contribution < -0.4 is 5.32 Å². The van der Waals surface area contributed by atoms with Crippen LogP contribution in [-0.2, 0) is 17.9 Å². The Morgan fingerprint density at radius 2 is 1.67 bits per heavy atom. The molecule has 0 bridgehead atoms. The Bertz CT molecular complexity index is 1420. The van der Waals surface area contributed by atoms with Crippen LogP contribution in [0.15, 0.2) is 96.7 Å². The van der Waals surface area contributed by atoms with Crippen molar-refractivity contribution in [3.63, 3.8) is 0 Å². The predicted octanol–water partition coefficient (Wildman–Crippen LogP) is 4.12. The lowest BCUT2D eigenvalue weighted by molar-refractivity contribution is -0.118. The molecule has 3 aromatic carbocycles. The highest BCUT2D eigenvalue weighted by Crippen LogP contribution is 2.28. The van der Waals surface area contributed by atoms with Gasteiger partial charge in [-0.1, -0.05) is 54.2 Å². The number of rotatable bonds is 9.